The normalized spacial score (nSPS) is 24.9. The van der Waals surface area contributed by atoms with Crippen molar-refractivity contribution >= 4 is 33.0 Å². The van der Waals surface area contributed by atoms with Gasteiger partial charge in [0.25, 0.3) is 0 Å². The van der Waals surface area contributed by atoms with Crippen molar-refractivity contribution in [1.29, 1.82) is 0 Å². The van der Waals surface area contributed by atoms with Gasteiger partial charge >= 0.3 is 0 Å². The van der Waals surface area contributed by atoms with Gasteiger partial charge in [0, 0.05) is 29.9 Å². The van der Waals surface area contributed by atoms with E-state index in [-0.39, 0.29) is 36.1 Å². The second-order valence-electron chi connectivity index (χ2n) is 7.13. The first-order chi connectivity index (χ1) is 12.3. The summed E-state index contributed by atoms with van der Waals surface area (Å²) in [6.07, 6.45) is 2.60. The minimum absolute atomic E-state index is 0.0685. The van der Waals surface area contributed by atoms with Crippen molar-refractivity contribution in [1.82, 2.24) is 4.90 Å². The van der Waals surface area contributed by atoms with E-state index in [1.807, 2.05) is 17.9 Å². The quantitative estimate of drug-likeness (QED) is 0.792. The van der Waals surface area contributed by atoms with Gasteiger partial charge in [-0.05, 0) is 43.9 Å². The van der Waals surface area contributed by atoms with E-state index in [9.17, 15) is 13.2 Å². The molecule has 2 unspecified atom stereocenters. The summed E-state index contributed by atoms with van der Waals surface area (Å²) in [7, 11) is -3.01. The predicted octanol–water partition coefficient (Wildman–Crippen LogP) is 2.26. The first kappa shape index (κ1) is 19.6. The Kier molecular flexibility index (Phi) is 6.22. The third kappa shape index (κ3) is 5.19. The van der Waals surface area contributed by atoms with Gasteiger partial charge in [-0.15, -0.1) is 0 Å². The Morgan fingerprint density at radius 1 is 1.38 bits per heavy atom. The van der Waals surface area contributed by atoms with Gasteiger partial charge in [-0.3, -0.25) is 9.69 Å². The van der Waals surface area contributed by atoms with Gasteiger partial charge in [-0.1, -0.05) is 17.7 Å². The summed E-state index contributed by atoms with van der Waals surface area (Å²) < 4.78 is 29.4. The molecular weight excluding hydrogens is 376 g/mol. The number of hydrogen-bond acceptors (Lipinski definition) is 5. The van der Waals surface area contributed by atoms with Gasteiger partial charge in [0.2, 0.25) is 5.91 Å². The molecule has 1 aromatic rings. The smallest absolute Gasteiger partial charge is 0.238 e. The Morgan fingerprint density at radius 3 is 2.85 bits per heavy atom. The van der Waals surface area contributed by atoms with E-state index < -0.39 is 9.84 Å². The van der Waals surface area contributed by atoms with Crippen LogP contribution in [0.15, 0.2) is 18.2 Å². The van der Waals surface area contributed by atoms with E-state index in [1.54, 1.807) is 12.1 Å². The molecule has 0 spiro atoms. The third-order valence-corrected chi connectivity index (χ3v) is 6.99. The zero-order valence-corrected chi connectivity index (χ0v) is 16.5. The number of amides is 1. The number of carbonyl (C=O) groups is 1. The molecule has 0 aliphatic carbocycles. The van der Waals surface area contributed by atoms with E-state index in [0.717, 1.165) is 25.0 Å². The van der Waals surface area contributed by atoms with Crippen molar-refractivity contribution in [2.75, 3.05) is 36.5 Å². The molecule has 2 saturated heterocycles. The van der Waals surface area contributed by atoms with Gasteiger partial charge in [-0.25, -0.2) is 8.42 Å². The van der Waals surface area contributed by atoms with Crippen molar-refractivity contribution < 1.29 is 17.9 Å². The molecule has 1 amide bonds. The summed E-state index contributed by atoms with van der Waals surface area (Å²) in [5.74, 6) is 0.135. The monoisotopic (exact) mass is 400 g/mol. The van der Waals surface area contributed by atoms with Crippen molar-refractivity contribution in [3.8, 4) is 0 Å². The Bertz CT molecular complexity index is 762. The summed E-state index contributed by atoms with van der Waals surface area (Å²) in [5, 5.41) is 3.45. The van der Waals surface area contributed by atoms with Crippen molar-refractivity contribution in [2.45, 2.75) is 38.3 Å². The number of carbonyl (C=O) groups excluding carboxylic acids is 1. The van der Waals surface area contributed by atoms with Crippen molar-refractivity contribution in [3.05, 3.63) is 28.8 Å². The summed E-state index contributed by atoms with van der Waals surface area (Å²) in [5.41, 5.74) is 1.61. The van der Waals surface area contributed by atoms with Crippen LogP contribution in [-0.4, -0.2) is 62.6 Å². The first-order valence-electron chi connectivity index (χ1n) is 8.94. The van der Waals surface area contributed by atoms with Crippen LogP contribution in [0.25, 0.3) is 0 Å². The van der Waals surface area contributed by atoms with Gasteiger partial charge in [-0.2, -0.15) is 0 Å². The second kappa shape index (κ2) is 8.25. The molecule has 1 aromatic carbocycles. The maximum Gasteiger partial charge on any atom is 0.238 e. The minimum atomic E-state index is -3.01. The van der Waals surface area contributed by atoms with Gasteiger partial charge in [0.1, 0.15) is 0 Å². The summed E-state index contributed by atoms with van der Waals surface area (Å²) in [6.45, 7) is 3.36. The molecule has 0 aromatic heterocycles. The number of ether oxygens (including phenoxy) is 1. The number of benzene rings is 1. The molecule has 2 aliphatic rings. The summed E-state index contributed by atoms with van der Waals surface area (Å²) in [6, 6.07) is 5.22. The average Bonchev–Trinajstić information content (AvgIpc) is 3.19. The van der Waals surface area contributed by atoms with Crippen LogP contribution in [0.1, 0.15) is 24.8 Å². The molecule has 0 saturated carbocycles. The number of rotatable bonds is 6. The highest BCUT2D eigenvalue weighted by Gasteiger charge is 2.34. The average molecular weight is 401 g/mol. The number of nitrogens with one attached hydrogen (secondary N) is 1. The molecule has 0 radical (unpaired) electrons. The van der Waals surface area contributed by atoms with Crippen LogP contribution in [0.2, 0.25) is 5.02 Å². The fourth-order valence-corrected chi connectivity index (χ4v) is 5.49. The van der Waals surface area contributed by atoms with Crippen molar-refractivity contribution in [2.24, 2.45) is 0 Å². The molecule has 144 valence electrons. The van der Waals surface area contributed by atoms with Crippen LogP contribution in [-0.2, 0) is 19.4 Å². The van der Waals surface area contributed by atoms with E-state index in [0.29, 0.717) is 23.7 Å². The van der Waals surface area contributed by atoms with Crippen LogP contribution in [0.4, 0.5) is 5.69 Å². The van der Waals surface area contributed by atoms with Gasteiger partial charge in [0.05, 0.1) is 24.2 Å². The highest BCUT2D eigenvalue weighted by Crippen LogP contribution is 2.23. The number of aryl methyl sites for hydroxylation is 1. The van der Waals surface area contributed by atoms with Crippen molar-refractivity contribution in [3.63, 3.8) is 0 Å². The molecule has 1 N–H and O–H groups in total. The minimum Gasteiger partial charge on any atom is -0.377 e. The van der Waals surface area contributed by atoms with E-state index >= 15 is 0 Å². The molecule has 2 atom stereocenters. The number of anilines is 1. The molecule has 2 fully saturated rings. The topological polar surface area (TPSA) is 75.7 Å². The fourth-order valence-electron chi connectivity index (χ4n) is 3.56. The largest absolute Gasteiger partial charge is 0.377 e. The number of hydrogen-bond donors (Lipinski definition) is 1. The molecule has 0 bridgehead atoms. The first-order valence-corrected chi connectivity index (χ1v) is 11.1. The summed E-state index contributed by atoms with van der Waals surface area (Å²) in [4.78, 5) is 14.6. The van der Waals surface area contributed by atoms with E-state index in [4.69, 9.17) is 16.3 Å². The summed E-state index contributed by atoms with van der Waals surface area (Å²) >= 11 is 6.01. The van der Waals surface area contributed by atoms with Crippen LogP contribution >= 0.6 is 11.6 Å². The lowest BCUT2D eigenvalue weighted by Crippen LogP contribution is -2.45. The number of nitrogens with zero attached hydrogens (tertiary/aromatic N) is 1. The Balaban J connectivity index is 1.67. The predicted molar refractivity (Wildman–Crippen MR) is 102 cm³/mol. The van der Waals surface area contributed by atoms with Gasteiger partial charge in [0.15, 0.2) is 9.84 Å². The number of halogens is 1. The van der Waals surface area contributed by atoms with E-state index in [1.165, 1.54) is 0 Å². The van der Waals surface area contributed by atoms with Gasteiger partial charge < -0.3 is 10.1 Å². The molecule has 2 aliphatic heterocycles. The standard InChI is InChI=1S/C18H25ClN2O4S/c1-13-4-5-14(19)9-17(13)20-18(22)11-21(10-16-3-2-7-25-16)15-6-8-26(23,24)12-15/h4-5,9,15-16H,2-3,6-8,10-12H2,1H3,(H,20,22). The highest BCUT2D eigenvalue weighted by molar-refractivity contribution is 7.91. The molecule has 2 heterocycles. The van der Waals surface area contributed by atoms with Crippen LogP contribution < -0.4 is 5.32 Å². The second-order valence-corrected chi connectivity index (χ2v) is 9.79. The molecular formula is C18H25ClN2O4S. The molecule has 3 rings (SSSR count). The van der Waals surface area contributed by atoms with E-state index in [2.05, 4.69) is 5.32 Å². The SMILES string of the molecule is Cc1ccc(Cl)cc1NC(=O)CN(CC1CCCO1)C1CCS(=O)(=O)C1. The Hall–Kier alpha value is -1.15. The lowest BCUT2D eigenvalue weighted by atomic mass is 10.1. The maximum atomic E-state index is 12.6. The zero-order chi connectivity index (χ0) is 18.7. The Labute approximate surface area is 159 Å². The Morgan fingerprint density at radius 2 is 2.19 bits per heavy atom. The van der Waals surface area contributed by atoms with Crippen LogP contribution in [0.5, 0.6) is 0 Å². The van der Waals surface area contributed by atoms with Crippen LogP contribution in [0.3, 0.4) is 0 Å². The zero-order valence-electron chi connectivity index (χ0n) is 14.9. The lowest BCUT2D eigenvalue weighted by Gasteiger charge is -2.29. The highest BCUT2D eigenvalue weighted by atomic mass is 35.5. The fraction of sp³-hybridized carbons (Fsp3) is 0.611. The number of sulfone groups is 1. The third-order valence-electron chi connectivity index (χ3n) is 5.01. The molecule has 26 heavy (non-hydrogen) atoms. The van der Waals surface area contributed by atoms with Crippen LogP contribution in [0, 0.1) is 6.92 Å². The molecule has 6 nitrogen and oxygen atoms in total. The maximum absolute atomic E-state index is 12.6. The lowest BCUT2D eigenvalue weighted by molar-refractivity contribution is -0.118. The molecule has 8 heteroatoms.